The summed E-state index contributed by atoms with van der Waals surface area (Å²) in [4.78, 5) is 0. The van der Waals surface area contributed by atoms with Crippen LogP contribution in [0.5, 0.6) is 5.75 Å². The highest BCUT2D eigenvalue weighted by molar-refractivity contribution is 9.10. The van der Waals surface area contributed by atoms with Gasteiger partial charge in [-0.25, -0.2) is 4.39 Å². The normalized spacial score (nSPS) is 26.0. The van der Waals surface area contributed by atoms with Crippen molar-refractivity contribution >= 4 is 15.9 Å². The first-order valence-electron chi connectivity index (χ1n) is 6.56. The molecule has 1 fully saturated rings. The maximum Gasteiger partial charge on any atom is 0.137 e. The number of hydrogen-bond donors (Lipinski definition) is 1. The number of benzene rings is 1. The Labute approximate surface area is 121 Å². The molecular weight excluding hydrogens is 313 g/mol. The molecule has 3 unspecified atom stereocenters. The Hall–Kier alpha value is -0.650. The molecule has 1 N–H and O–H groups in total. The first-order valence-corrected chi connectivity index (χ1v) is 7.35. The summed E-state index contributed by atoms with van der Waals surface area (Å²) < 4.78 is 25.2. The molecular formula is C14H19BrFNO2. The second-order valence-corrected chi connectivity index (χ2v) is 5.55. The van der Waals surface area contributed by atoms with E-state index in [-0.39, 0.29) is 18.0 Å². The van der Waals surface area contributed by atoms with Gasteiger partial charge in [0.15, 0.2) is 0 Å². The zero-order valence-corrected chi connectivity index (χ0v) is 12.7. The van der Waals surface area contributed by atoms with Crippen LogP contribution in [0, 0.1) is 5.82 Å². The fraction of sp³-hybridized carbons (Fsp3) is 0.571. The predicted molar refractivity (Wildman–Crippen MR) is 76.0 cm³/mol. The molecule has 2 rings (SSSR count). The van der Waals surface area contributed by atoms with E-state index in [1.54, 1.807) is 12.1 Å². The van der Waals surface area contributed by atoms with Crippen molar-refractivity contribution in [1.82, 2.24) is 5.32 Å². The quantitative estimate of drug-likeness (QED) is 0.868. The summed E-state index contributed by atoms with van der Waals surface area (Å²) in [5.41, 5.74) is 0. The average Bonchev–Trinajstić information content (AvgIpc) is 2.38. The molecule has 106 valence electrons. The minimum atomic E-state index is -0.284. The van der Waals surface area contributed by atoms with Crippen LogP contribution >= 0.6 is 15.9 Å². The van der Waals surface area contributed by atoms with E-state index < -0.39 is 0 Å². The largest absolute Gasteiger partial charge is 0.488 e. The maximum atomic E-state index is 13.2. The fourth-order valence-electron chi connectivity index (χ4n) is 2.18. The second kappa shape index (κ2) is 6.68. The van der Waals surface area contributed by atoms with Gasteiger partial charge in [0.05, 0.1) is 4.47 Å². The lowest BCUT2D eigenvalue weighted by Gasteiger charge is -2.43. The van der Waals surface area contributed by atoms with Gasteiger partial charge in [0.2, 0.25) is 0 Å². The van der Waals surface area contributed by atoms with Crippen molar-refractivity contribution in [3.05, 3.63) is 28.5 Å². The minimum absolute atomic E-state index is 0.0290. The van der Waals surface area contributed by atoms with Crippen LogP contribution in [0.15, 0.2) is 22.7 Å². The fourth-order valence-corrected chi connectivity index (χ4v) is 2.54. The predicted octanol–water partition coefficient (Wildman–Crippen LogP) is 3.12. The van der Waals surface area contributed by atoms with Crippen LogP contribution in [0.3, 0.4) is 0 Å². The molecule has 0 amide bonds. The molecule has 1 aliphatic carbocycles. The monoisotopic (exact) mass is 331 g/mol. The highest BCUT2D eigenvalue weighted by atomic mass is 79.9. The number of halogens is 2. The Morgan fingerprint density at radius 2 is 2.26 bits per heavy atom. The highest BCUT2D eigenvalue weighted by Gasteiger charge is 2.42. The van der Waals surface area contributed by atoms with E-state index in [1.807, 2.05) is 7.05 Å². The Kier molecular flexibility index (Phi) is 5.19. The first-order chi connectivity index (χ1) is 9.15. The van der Waals surface area contributed by atoms with Crippen LogP contribution in [-0.4, -0.2) is 31.9 Å². The van der Waals surface area contributed by atoms with Crippen LogP contribution in [-0.2, 0) is 4.74 Å². The molecule has 0 bridgehead atoms. The number of hydrogen-bond acceptors (Lipinski definition) is 3. The first kappa shape index (κ1) is 14.8. The molecule has 1 aliphatic rings. The molecule has 0 aromatic heterocycles. The molecule has 3 atom stereocenters. The summed E-state index contributed by atoms with van der Waals surface area (Å²) in [6.07, 6.45) is 1.98. The molecule has 1 saturated carbocycles. The van der Waals surface area contributed by atoms with Gasteiger partial charge < -0.3 is 14.8 Å². The molecule has 19 heavy (non-hydrogen) atoms. The van der Waals surface area contributed by atoms with Crippen molar-refractivity contribution in [2.45, 2.75) is 38.0 Å². The highest BCUT2D eigenvalue weighted by Crippen LogP contribution is 2.30. The van der Waals surface area contributed by atoms with Gasteiger partial charge in [-0.05, 0) is 47.6 Å². The standard InChI is InChI=1S/C14H19BrFNO2/c1-3-6-18-14-12(17-2)8-13(14)19-9-4-5-11(16)10(15)7-9/h4-5,7,12-14,17H,3,6,8H2,1-2H3. The SMILES string of the molecule is CCCOC1C(NC)CC1Oc1ccc(F)c(Br)c1. The van der Waals surface area contributed by atoms with E-state index >= 15 is 0 Å². The van der Waals surface area contributed by atoms with E-state index in [9.17, 15) is 4.39 Å². The molecule has 0 saturated heterocycles. The molecule has 1 aromatic carbocycles. The smallest absolute Gasteiger partial charge is 0.137 e. The van der Waals surface area contributed by atoms with Gasteiger partial charge in [-0.3, -0.25) is 0 Å². The third kappa shape index (κ3) is 3.46. The van der Waals surface area contributed by atoms with E-state index in [0.29, 0.717) is 16.3 Å². The van der Waals surface area contributed by atoms with Crippen molar-refractivity contribution in [3.8, 4) is 5.75 Å². The molecule has 0 spiro atoms. The number of nitrogens with one attached hydrogen (secondary N) is 1. The Balaban J connectivity index is 1.96. The van der Waals surface area contributed by atoms with E-state index in [2.05, 4.69) is 28.2 Å². The van der Waals surface area contributed by atoms with Gasteiger partial charge in [-0.15, -0.1) is 0 Å². The lowest BCUT2D eigenvalue weighted by Crippen LogP contribution is -2.60. The topological polar surface area (TPSA) is 30.5 Å². The van der Waals surface area contributed by atoms with Gasteiger partial charge in [0.1, 0.15) is 23.8 Å². The lowest BCUT2D eigenvalue weighted by atomic mass is 9.85. The van der Waals surface area contributed by atoms with Crippen molar-refractivity contribution in [3.63, 3.8) is 0 Å². The summed E-state index contributed by atoms with van der Waals surface area (Å²) in [5.74, 6) is 0.380. The van der Waals surface area contributed by atoms with Crippen LogP contribution in [0.1, 0.15) is 19.8 Å². The average molecular weight is 332 g/mol. The Morgan fingerprint density at radius 1 is 1.47 bits per heavy atom. The van der Waals surface area contributed by atoms with Crippen LogP contribution < -0.4 is 10.1 Å². The molecule has 0 heterocycles. The van der Waals surface area contributed by atoms with E-state index in [1.165, 1.54) is 6.07 Å². The molecule has 0 radical (unpaired) electrons. The molecule has 3 nitrogen and oxygen atoms in total. The van der Waals surface area contributed by atoms with Crippen LogP contribution in [0.25, 0.3) is 0 Å². The van der Waals surface area contributed by atoms with Gasteiger partial charge in [0, 0.05) is 19.1 Å². The van der Waals surface area contributed by atoms with Gasteiger partial charge in [-0.2, -0.15) is 0 Å². The Morgan fingerprint density at radius 3 is 2.89 bits per heavy atom. The minimum Gasteiger partial charge on any atom is -0.488 e. The van der Waals surface area contributed by atoms with Crippen molar-refractivity contribution < 1.29 is 13.9 Å². The number of ether oxygens (including phenoxy) is 2. The summed E-state index contributed by atoms with van der Waals surface area (Å²) in [7, 11) is 1.93. The van der Waals surface area contributed by atoms with Crippen molar-refractivity contribution in [2.24, 2.45) is 0 Å². The zero-order valence-electron chi connectivity index (χ0n) is 11.2. The molecule has 5 heteroatoms. The molecule has 0 aliphatic heterocycles. The van der Waals surface area contributed by atoms with E-state index in [4.69, 9.17) is 9.47 Å². The zero-order chi connectivity index (χ0) is 13.8. The van der Waals surface area contributed by atoms with Crippen molar-refractivity contribution in [2.75, 3.05) is 13.7 Å². The number of likely N-dealkylation sites (N-methyl/N-ethyl adjacent to an activating group) is 1. The lowest BCUT2D eigenvalue weighted by molar-refractivity contribution is -0.106. The molecule has 1 aromatic rings. The third-order valence-electron chi connectivity index (χ3n) is 3.31. The van der Waals surface area contributed by atoms with E-state index in [0.717, 1.165) is 19.4 Å². The maximum absolute atomic E-state index is 13.2. The van der Waals surface area contributed by atoms with Crippen LogP contribution in [0.2, 0.25) is 0 Å². The Bertz CT molecular complexity index is 430. The third-order valence-corrected chi connectivity index (χ3v) is 3.92. The summed E-state index contributed by atoms with van der Waals surface area (Å²) in [6.45, 7) is 2.82. The summed E-state index contributed by atoms with van der Waals surface area (Å²) >= 11 is 3.16. The van der Waals surface area contributed by atoms with Crippen LogP contribution in [0.4, 0.5) is 4.39 Å². The van der Waals surface area contributed by atoms with Gasteiger partial charge >= 0.3 is 0 Å². The number of rotatable bonds is 6. The van der Waals surface area contributed by atoms with Gasteiger partial charge in [0.25, 0.3) is 0 Å². The van der Waals surface area contributed by atoms with Gasteiger partial charge in [-0.1, -0.05) is 6.92 Å². The summed E-state index contributed by atoms with van der Waals surface area (Å²) in [5, 5.41) is 3.22. The summed E-state index contributed by atoms with van der Waals surface area (Å²) in [6, 6.07) is 5.03. The van der Waals surface area contributed by atoms with Crippen molar-refractivity contribution in [1.29, 1.82) is 0 Å². The second-order valence-electron chi connectivity index (χ2n) is 4.70.